The molecule has 148 valence electrons. The molecule has 0 saturated carbocycles. The predicted molar refractivity (Wildman–Crippen MR) is 110 cm³/mol. The first kappa shape index (κ1) is 19.4. The van der Waals surface area contributed by atoms with Crippen molar-refractivity contribution < 1.29 is 19.1 Å². The van der Waals surface area contributed by atoms with Crippen molar-refractivity contribution in [3.8, 4) is 0 Å². The normalized spacial score (nSPS) is 17.3. The molecule has 2 aromatic rings. The largest absolute Gasteiger partial charge is 0.381 e. The van der Waals surface area contributed by atoms with E-state index in [2.05, 4.69) is 45.7 Å². The molecule has 5 nitrogen and oxygen atoms in total. The van der Waals surface area contributed by atoms with Gasteiger partial charge in [-0.1, -0.05) is 40.2 Å². The van der Waals surface area contributed by atoms with Crippen LogP contribution >= 0.6 is 15.9 Å². The second kappa shape index (κ2) is 9.07. The van der Waals surface area contributed by atoms with Gasteiger partial charge >= 0.3 is 5.97 Å². The molecule has 6 heteroatoms. The summed E-state index contributed by atoms with van der Waals surface area (Å²) in [7, 11) is 0. The van der Waals surface area contributed by atoms with Crippen LogP contribution in [0.15, 0.2) is 46.9 Å². The van der Waals surface area contributed by atoms with Crippen molar-refractivity contribution in [2.24, 2.45) is 5.92 Å². The molecule has 0 radical (unpaired) electrons. The maximum Gasteiger partial charge on any atom is 0.335 e. The molecule has 0 amide bonds. The second-order valence-corrected chi connectivity index (χ2v) is 8.18. The molecule has 0 atom stereocenters. The Kier molecular flexibility index (Phi) is 6.29. The predicted octanol–water partition coefficient (Wildman–Crippen LogP) is 4.43. The van der Waals surface area contributed by atoms with E-state index in [1.54, 1.807) is 0 Å². The van der Waals surface area contributed by atoms with Gasteiger partial charge in [0.15, 0.2) is 0 Å². The van der Waals surface area contributed by atoms with E-state index in [1.165, 1.54) is 11.1 Å². The number of carbonyl (C=O) groups is 1. The van der Waals surface area contributed by atoms with E-state index < -0.39 is 0 Å². The summed E-state index contributed by atoms with van der Waals surface area (Å²) in [6.45, 7) is 1.73. The average Bonchev–Trinajstić information content (AvgIpc) is 3.15. The van der Waals surface area contributed by atoms with Crippen molar-refractivity contribution in [2.75, 3.05) is 18.7 Å². The molecule has 1 heterocycles. The number of halogens is 1. The van der Waals surface area contributed by atoms with Crippen LogP contribution in [0.5, 0.6) is 0 Å². The van der Waals surface area contributed by atoms with E-state index in [1.807, 2.05) is 18.2 Å². The third kappa shape index (κ3) is 4.74. The van der Waals surface area contributed by atoms with E-state index in [-0.39, 0.29) is 18.0 Å². The van der Waals surface area contributed by atoms with Gasteiger partial charge in [-0.3, -0.25) is 0 Å². The maximum atomic E-state index is 12.2. The average molecular weight is 446 g/mol. The van der Waals surface area contributed by atoms with E-state index >= 15 is 0 Å². The summed E-state index contributed by atoms with van der Waals surface area (Å²) in [4.78, 5) is 17.4. The zero-order chi connectivity index (χ0) is 19.3. The fourth-order valence-corrected chi connectivity index (χ4v) is 4.08. The fourth-order valence-electron chi connectivity index (χ4n) is 3.72. The van der Waals surface area contributed by atoms with Crippen LogP contribution in [-0.2, 0) is 38.6 Å². The molecule has 0 spiro atoms. The van der Waals surface area contributed by atoms with Crippen LogP contribution in [0.1, 0.15) is 29.5 Å². The molecule has 2 aromatic carbocycles. The van der Waals surface area contributed by atoms with Gasteiger partial charge in [0, 0.05) is 17.7 Å². The van der Waals surface area contributed by atoms with E-state index in [4.69, 9.17) is 14.3 Å². The molecule has 0 unspecified atom stereocenters. The van der Waals surface area contributed by atoms with Gasteiger partial charge in [-0.25, -0.2) is 10.3 Å². The smallest absolute Gasteiger partial charge is 0.335 e. The Balaban J connectivity index is 1.30. The lowest BCUT2D eigenvalue weighted by molar-refractivity contribution is -0.148. The quantitative estimate of drug-likeness (QED) is 0.666. The molecule has 1 aliphatic heterocycles. The third-order valence-corrected chi connectivity index (χ3v) is 6.13. The molecule has 0 bridgehead atoms. The van der Waals surface area contributed by atoms with Gasteiger partial charge in [-0.2, -0.15) is 0 Å². The Morgan fingerprint density at radius 1 is 1.11 bits per heavy atom. The Hall–Kier alpha value is -1.89. The molecule has 1 aliphatic carbocycles. The van der Waals surface area contributed by atoms with E-state index in [9.17, 15) is 4.79 Å². The van der Waals surface area contributed by atoms with Crippen LogP contribution in [0.2, 0.25) is 0 Å². The van der Waals surface area contributed by atoms with Crippen molar-refractivity contribution >= 4 is 27.6 Å². The first-order chi connectivity index (χ1) is 13.7. The first-order valence-corrected chi connectivity index (χ1v) is 10.5. The number of rotatable bonds is 6. The lowest BCUT2D eigenvalue weighted by atomic mass is 10.0. The summed E-state index contributed by atoms with van der Waals surface area (Å²) in [5.74, 6) is -0.323. The second-order valence-electron chi connectivity index (χ2n) is 7.33. The highest BCUT2D eigenvalue weighted by Gasteiger charge is 2.24. The minimum atomic E-state index is -0.229. The van der Waals surface area contributed by atoms with Gasteiger partial charge in [0.2, 0.25) is 0 Å². The van der Waals surface area contributed by atoms with E-state index in [0.717, 1.165) is 28.6 Å². The molecule has 1 fully saturated rings. The van der Waals surface area contributed by atoms with Gasteiger partial charge in [-0.15, -0.1) is 0 Å². The standard InChI is InChI=1S/C22H24BrNO4/c23-21-6-5-19(24-28-22(25)15-7-9-26-10-8-15)11-18(21)14-27-20-12-16-3-1-2-4-17(16)13-20/h1-6,11,15,20,24H,7-10,12-14H2. The Bertz CT molecular complexity index is 810. The van der Waals surface area contributed by atoms with Gasteiger partial charge in [0.05, 0.1) is 24.3 Å². The maximum absolute atomic E-state index is 12.2. The number of ether oxygens (including phenoxy) is 2. The summed E-state index contributed by atoms with van der Waals surface area (Å²) in [5, 5.41) is 0. The van der Waals surface area contributed by atoms with Crippen molar-refractivity contribution in [3.05, 3.63) is 63.6 Å². The summed E-state index contributed by atoms with van der Waals surface area (Å²) < 4.78 is 12.4. The summed E-state index contributed by atoms with van der Waals surface area (Å²) in [6, 6.07) is 14.3. The SMILES string of the molecule is O=C(ONc1ccc(Br)c(COC2Cc3ccccc3C2)c1)C1CCOCC1. The van der Waals surface area contributed by atoms with Crippen LogP contribution in [-0.4, -0.2) is 25.3 Å². The number of carbonyl (C=O) groups excluding carboxylic acids is 1. The van der Waals surface area contributed by atoms with Crippen LogP contribution in [0.25, 0.3) is 0 Å². The Morgan fingerprint density at radius 2 is 1.82 bits per heavy atom. The molecule has 1 N–H and O–H groups in total. The van der Waals surface area contributed by atoms with Crippen molar-refractivity contribution in [3.63, 3.8) is 0 Å². The number of fused-ring (bicyclic) bond motifs is 1. The van der Waals surface area contributed by atoms with Gasteiger partial charge in [0.25, 0.3) is 0 Å². The van der Waals surface area contributed by atoms with Crippen molar-refractivity contribution in [1.82, 2.24) is 0 Å². The van der Waals surface area contributed by atoms with Crippen LogP contribution in [0, 0.1) is 5.92 Å². The first-order valence-electron chi connectivity index (χ1n) is 9.70. The summed E-state index contributed by atoms with van der Waals surface area (Å²) in [6.07, 6.45) is 3.53. The molecule has 2 aliphatic rings. The minimum Gasteiger partial charge on any atom is -0.381 e. The van der Waals surface area contributed by atoms with E-state index in [0.29, 0.717) is 32.7 Å². The number of benzene rings is 2. The highest BCUT2D eigenvalue weighted by Crippen LogP contribution is 2.27. The fraction of sp³-hybridized carbons (Fsp3) is 0.409. The Labute approximate surface area is 173 Å². The Morgan fingerprint density at radius 3 is 2.54 bits per heavy atom. The number of hydrogen-bond donors (Lipinski definition) is 1. The van der Waals surface area contributed by atoms with Gasteiger partial charge in [0.1, 0.15) is 0 Å². The monoisotopic (exact) mass is 445 g/mol. The zero-order valence-electron chi connectivity index (χ0n) is 15.7. The summed E-state index contributed by atoms with van der Waals surface area (Å²) in [5.41, 5.74) is 7.29. The molecule has 0 aromatic heterocycles. The lowest BCUT2D eigenvalue weighted by Crippen LogP contribution is -2.26. The number of nitrogens with one attached hydrogen (secondary N) is 1. The van der Waals surface area contributed by atoms with Gasteiger partial charge in [-0.05, 0) is 60.6 Å². The van der Waals surface area contributed by atoms with Crippen LogP contribution in [0.3, 0.4) is 0 Å². The van der Waals surface area contributed by atoms with Crippen molar-refractivity contribution in [1.29, 1.82) is 0 Å². The molecule has 4 rings (SSSR count). The lowest BCUT2D eigenvalue weighted by Gasteiger charge is -2.20. The molecule has 28 heavy (non-hydrogen) atoms. The molecule has 1 saturated heterocycles. The zero-order valence-corrected chi connectivity index (χ0v) is 17.2. The molecular weight excluding hydrogens is 422 g/mol. The third-order valence-electron chi connectivity index (χ3n) is 5.36. The number of anilines is 1. The summed E-state index contributed by atoms with van der Waals surface area (Å²) >= 11 is 3.58. The molecular formula is C22H24BrNO4. The topological polar surface area (TPSA) is 56.8 Å². The highest BCUT2D eigenvalue weighted by molar-refractivity contribution is 9.10. The van der Waals surface area contributed by atoms with Crippen LogP contribution in [0.4, 0.5) is 5.69 Å². The number of hydrogen-bond acceptors (Lipinski definition) is 5. The minimum absolute atomic E-state index is 0.0940. The van der Waals surface area contributed by atoms with Crippen LogP contribution < -0.4 is 5.48 Å². The highest BCUT2D eigenvalue weighted by atomic mass is 79.9. The van der Waals surface area contributed by atoms with Gasteiger partial charge < -0.3 is 14.3 Å². The van der Waals surface area contributed by atoms with Crippen molar-refractivity contribution in [2.45, 2.75) is 38.4 Å².